The smallest absolute Gasteiger partial charge is 0.242 e. The third-order valence-corrected chi connectivity index (χ3v) is 3.49. The monoisotopic (exact) mass is 308 g/mol. The Morgan fingerprint density at radius 1 is 1.50 bits per heavy atom. The van der Waals surface area contributed by atoms with E-state index < -0.39 is 15.6 Å². The van der Waals surface area contributed by atoms with Crippen molar-refractivity contribution in [2.45, 2.75) is 24.3 Å². The molecule has 7 heteroatoms. The van der Waals surface area contributed by atoms with E-state index in [1.807, 2.05) is 0 Å². The number of pyridine rings is 1. The molecule has 5 nitrogen and oxygen atoms in total. The second-order valence-electron chi connectivity index (χ2n) is 3.98. The maximum Gasteiger partial charge on any atom is 0.242 e. The molecular formula is C9H13BrN2O3S. The van der Waals surface area contributed by atoms with Gasteiger partial charge in [-0.2, -0.15) is 0 Å². The van der Waals surface area contributed by atoms with Crippen LogP contribution in [-0.4, -0.2) is 30.7 Å². The number of hydrogen-bond acceptors (Lipinski definition) is 4. The molecule has 90 valence electrons. The van der Waals surface area contributed by atoms with Crippen LogP contribution in [0.2, 0.25) is 0 Å². The average Bonchev–Trinajstić information content (AvgIpc) is 2.14. The molecule has 0 aliphatic heterocycles. The summed E-state index contributed by atoms with van der Waals surface area (Å²) >= 11 is 3.14. The number of sulfonamides is 1. The molecule has 1 aromatic heterocycles. The minimum absolute atomic E-state index is 0.0537. The highest BCUT2D eigenvalue weighted by molar-refractivity contribution is 9.10. The van der Waals surface area contributed by atoms with Crippen molar-refractivity contribution in [1.29, 1.82) is 0 Å². The largest absolute Gasteiger partial charge is 0.389 e. The minimum atomic E-state index is -3.62. The van der Waals surface area contributed by atoms with E-state index in [9.17, 15) is 13.5 Å². The van der Waals surface area contributed by atoms with Crippen LogP contribution >= 0.6 is 15.9 Å². The Balaban J connectivity index is 2.87. The predicted molar refractivity (Wildman–Crippen MR) is 63.4 cm³/mol. The van der Waals surface area contributed by atoms with Gasteiger partial charge >= 0.3 is 0 Å². The maximum absolute atomic E-state index is 11.7. The molecule has 0 spiro atoms. The fraction of sp³-hybridized carbons (Fsp3) is 0.444. The average molecular weight is 309 g/mol. The molecular weight excluding hydrogens is 296 g/mol. The molecule has 1 aromatic rings. The van der Waals surface area contributed by atoms with Gasteiger partial charge in [-0.05, 0) is 35.8 Å². The van der Waals surface area contributed by atoms with Crippen LogP contribution < -0.4 is 4.72 Å². The van der Waals surface area contributed by atoms with Crippen molar-refractivity contribution in [1.82, 2.24) is 9.71 Å². The molecule has 0 fully saturated rings. The molecule has 0 unspecified atom stereocenters. The Labute approximate surface area is 103 Å². The first-order valence-electron chi connectivity index (χ1n) is 4.53. The van der Waals surface area contributed by atoms with Gasteiger partial charge in [-0.3, -0.25) is 4.98 Å². The molecule has 0 atom stereocenters. The molecule has 0 saturated carbocycles. The van der Waals surface area contributed by atoms with Gasteiger partial charge in [-0.1, -0.05) is 0 Å². The summed E-state index contributed by atoms with van der Waals surface area (Å²) in [4.78, 5) is 3.83. The van der Waals surface area contributed by atoms with E-state index in [-0.39, 0.29) is 11.4 Å². The van der Waals surface area contributed by atoms with Crippen molar-refractivity contribution in [3.05, 3.63) is 22.9 Å². The summed E-state index contributed by atoms with van der Waals surface area (Å²) < 4.78 is 26.4. The quantitative estimate of drug-likeness (QED) is 0.866. The fourth-order valence-corrected chi connectivity index (χ4v) is 2.60. The summed E-state index contributed by atoms with van der Waals surface area (Å²) in [5.74, 6) is 0. The molecule has 0 radical (unpaired) electrons. The van der Waals surface area contributed by atoms with Gasteiger partial charge in [-0.25, -0.2) is 13.1 Å². The van der Waals surface area contributed by atoms with E-state index in [0.29, 0.717) is 4.47 Å². The third-order valence-electron chi connectivity index (χ3n) is 1.68. The predicted octanol–water partition coefficient (Wildman–Crippen LogP) is 0.893. The number of aliphatic hydroxyl groups is 1. The third kappa shape index (κ3) is 4.17. The minimum Gasteiger partial charge on any atom is -0.389 e. The van der Waals surface area contributed by atoms with Gasteiger partial charge < -0.3 is 5.11 Å². The van der Waals surface area contributed by atoms with E-state index in [0.717, 1.165) is 0 Å². The highest BCUT2D eigenvalue weighted by Crippen LogP contribution is 2.14. The Morgan fingerprint density at radius 3 is 2.62 bits per heavy atom. The number of nitrogens with zero attached hydrogens (tertiary/aromatic N) is 1. The zero-order valence-corrected chi connectivity index (χ0v) is 11.3. The van der Waals surface area contributed by atoms with Gasteiger partial charge in [0.05, 0.1) is 5.60 Å². The van der Waals surface area contributed by atoms with Crippen LogP contribution in [0.15, 0.2) is 27.8 Å². The van der Waals surface area contributed by atoms with Crippen LogP contribution in [0, 0.1) is 0 Å². The highest BCUT2D eigenvalue weighted by Gasteiger charge is 2.19. The fourth-order valence-electron chi connectivity index (χ4n) is 0.894. The van der Waals surface area contributed by atoms with Crippen molar-refractivity contribution in [2.75, 3.05) is 6.54 Å². The number of nitrogens with one attached hydrogen (secondary N) is 1. The van der Waals surface area contributed by atoms with E-state index in [4.69, 9.17) is 0 Å². The van der Waals surface area contributed by atoms with Crippen LogP contribution in [0.1, 0.15) is 13.8 Å². The van der Waals surface area contributed by atoms with Gasteiger partial charge in [0.2, 0.25) is 10.0 Å². The Kier molecular flexibility index (Phi) is 4.06. The topological polar surface area (TPSA) is 79.3 Å². The van der Waals surface area contributed by atoms with Crippen LogP contribution in [0.5, 0.6) is 0 Å². The molecule has 16 heavy (non-hydrogen) atoms. The van der Waals surface area contributed by atoms with Gasteiger partial charge in [0, 0.05) is 23.4 Å². The van der Waals surface area contributed by atoms with Crippen molar-refractivity contribution in [2.24, 2.45) is 0 Å². The van der Waals surface area contributed by atoms with Crippen molar-refractivity contribution in [3.8, 4) is 0 Å². The van der Waals surface area contributed by atoms with Gasteiger partial charge in [0.15, 0.2) is 0 Å². The number of halogens is 1. The van der Waals surface area contributed by atoms with Crippen LogP contribution in [0.4, 0.5) is 0 Å². The molecule has 0 bridgehead atoms. The summed E-state index contributed by atoms with van der Waals surface area (Å²) in [6.07, 6.45) is 2.74. The molecule has 1 rings (SSSR count). The Hall–Kier alpha value is -0.500. The second kappa shape index (κ2) is 4.79. The molecule has 0 saturated heterocycles. The standard InChI is InChI=1S/C9H13BrN2O3S/c1-9(2,13)6-12-16(14,15)8-3-7(10)4-11-5-8/h3-5,12-13H,6H2,1-2H3. The molecule has 1 heterocycles. The van der Waals surface area contributed by atoms with Crippen LogP contribution in [-0.2, 0) is 10.0 Å². The second-order valence-corrected chi connectivity index (χ2v) is 6.66. The van der Waals surface area contributed by atoms with Gasteiger partial charge in [-0.15, -0.1) is 0 Å². The first-order valence-corrected chi connectivity index (χ1v) is 6.81. The lowest BCUT2D eigenvalue weighted by Gasteiger charge is -2.17. The van der Waals surface area contributed by atoms with E-state index in [1.54, 1.807) is 0 Å². The van der Waals surface area contributed by atoms with Crippen molar-refractivity contribution < 1.29 is 13.5 Å². The lowest BCUT2D eigenvalue weighted by atomic mass is 10.1. The van der Waals surface area contributed by atoms with E-state index >= 15 is 0 Å². The summed E-state index contributed by atoms with van der Waals surface area (Å²) in [5, 5.41) is 9.43. The lowest BCUT2D eigenvalue weighted by Crippen LogP contribution is -2.38. The van der Waals surface area contributed by atoms with Crippen molar-refractivity contribution in [3.63, 3.8) is 0 Å². The molecule has 2 N–H and O–H groups in total. The van der Waals surface area contributed by atoms with Crippen LogP contribution in [0.25, 0.3) is 0 Å². The normalized spacial score (nSPS) is 12.8. The summed E-state index contributed by atoms with van der Waals surface area (Å²) in [6, 6.07) is 1.44. The van der Waals surface area contributed by atoms with Gasteiger partial charge in [0.25, 0.3) is 0 Å². The molecule has 0 aliphatic carbocycles. The highest BCUT2D eigenvalue weighted by atomic mass is 79.9. The van der Waals surface area contributed by atoms with E-state index in [2.05, 4.69) is 25.6 Å². The summed E-state index contributed by atoms with van der Waals surface area (Å²) in [5.41, 5.74) is -1.09. The number of hydrogen-bond donors (Lipinski definition) is 2. The van der Waals surface area contributed by atoms with Crippen LogP contribution in [0.3, 0.4) is 0 Å². The first-order chi connectivity index (χ1) is 7.21. The summed E-state index contributed by atoms with van der Waals surface area (Å²) in [7, 11) is -3.62. The van der Waals surface area contributed by atoms with E-state index in [1.165, 1.54) is 32.3 Å². The van der Waals surface area contributed by atoms with Crippen molar-refractivity contribution >= 4 is 26.0 Å². The maximum atomic E-state index is 11.7. The SMILES string of the molecule is CC(C)(O)CNS(=O)(=O)c1cncc(Br)c1. The first kappa shape index (κ1) is 13.6. The molecule has 0 aliphatic rings. The number of rotatable bonds is 4. The number of aromatic nitrogens is 1. The van der Waals surface area contributed by atoms with Gasteiger partial charge in [0.1, 0.15) is 4.90 Å². The zero-order valence-electron chi connectivity index (χ0n) is 8.94. The summed E-state index contributed by atoms with van der Waals surface area (Å²) in [6.45, 7) is 2.99. The Bertz CT molecular complexity index is 468. The Morgan fingerprint density at radius 2 is 2.12 bits per heavy atom. The molecule has 0 amide bonds. The molecule has 0 aromatic carbocycles. The lowest BCUT2D eigenvalue weighted by molar-refractivity contribution is 0.0857. The zero-order chi connectivity index (χ0) is 12.4.